The molecule has 224 valence electrons. The molecule has 0 spiro atoms. The first-order valence-electron chi connectivity index (χ1n) is 15.3. The van der Waals surface area contributed by atoms with Crippen LogP contribution in [0.15, 0.2) is 46.1 Å². The summed E-state index contributed by atoms with van der Waals surface area (Å²) >= 11 is 0. The van der Waals surface area contributed by atoms with Crippen molar-refractivity contribution in [1.82, 2.24) is 16.0 Å². The zero-order valence-corrected chi connectivity index (χ0v) is 25.7. The monoisotopic (exact) mass is 554 g/mol. The minimum Gasteiger partial charge on any atom is -0.356 e. The molecule has 0 aromatic heterocycles. The van der Waals surface area contributed by atoms with Crippen molar-refractivity contribution in [2.75, 3.05) is 19.6 Å². The Hall–Kier alpha value is -2.67. The van der Waals surface area contributed by atoms with Gasteiger partial charge in [0.25, 0.3) is 0 Å². The molecule has 1 atom stereocenters. The number of unbranched alkanes of at least 4 members (excludes halogenated alkanes) is 3. The zero-order valence-electron chi connectivity index (χ0n) is 25.7. The first-order chi connectivity index (χ1) is 19.1. The van der Waals surface area contributed by atoms with Gasteiger partial charge < -0.3 is 21.7 Å². The number of carbonyl (C=O) groups is 3. The maximum Gasteiger partial charge on any atom is 0.242 e. The molecule has 0 aromatic carbocycles. The van der Waals surface area contributed by atoms with E-state index in [1.807, 2.05) is 0 Å². The van der Waals surface area contributed by atoms with E-state index in [0.29, 0.717) is 38.9 Å². The lowest BCUT2D eigenvalue weighted by Gasteiger charge is -2.29. The van der Waals surface area contributed by atoms with Crippen LogP contribution in [0.4, 0.5) is 0 Å². The van der Waals surface area contributed by atoms with Crippen molar-refractivity contribution in [1.29, 1.82) is 0 Å². The molecule has 0 saturated heterocycles. The number of nitrogens with one attached hydrogen (secondary N) is 3. The Morgan fingerprint density at radius 1 is 0.900 bits per heavy atom. The van der Waals surface area contributed by atoms with Crippen LogP contribution in [-0.2, 0) is 14.4 Å². The van der Waals surface area contributed by atoms with Crippen LogP contribution < -0.4 is 21.7 Å². The van der Waals surface area contributed by atoms with E-state index in [1.165, 1.54) is 27.9 Å². The Morgan fingerprint density at radius 3 is 2.27 bits per heavy atom. The zero-order chi connectivity index (χ0) is 29.5. The van der Waals surface area contributed by atoms with Crippen LogP contribution >= 0.6 is 0 Å². The highest BCUT2D eigenvalue weighted by atomic mass is 16.2. The van der Waals surface area contributed by atoms with E-state index < -0.39 is 6.04 Å². The van der Waals surface area contributed by atoms with E-state index >= 15 is 0 Å². The number of amides is 3. The maximum absolute atomic E-state index is 12.9. The molecule has 0 heterocycles. The Morgan fingerprint density at radius 2 is 1.62 bits per heavy atom. The fourth-order valence-corrected chi connectivity index (χ4v) is 5.67. The smallest absolute Gasteiger partial charge is 0.242 e. The number of hydrogen-bond acceptors (Lipinski definition) is 4. The number of allylic oxidation sites excluding steroid dienone is 7. The largest absolute Gasteiger partial charge is 0.356 e. The molecule has 0 aromatic rings. The van der Waals surface area contributed by atoms with Crippen molar-refractivity contribution in [2.24, 2.45) is 11.1 Å². The molecule has 5 N–H and O–H groups in total. The molecule has 2 rings (SSSR count). The van der Waals surface area contributed by atoms with Gasteiger partial charge in [-0.1, -0.05) is 48.3 Å². The van der Waals surface area contributed by atoms with Gasteiger partial charge in [0, 0.05) is 31.3 Å². The van der Waals surface area contributed by atoms with E-state index in [4.69, 9.17) is 5.73 Å². The lowest BCUT2D eigenvalue weighted by molar-refractivity contribution is -0.129. The summed E-state index contributed by atoms with van der Waals surface area (Å²) in [5, 5.41) is 8.99. The number of hydrogen-bond donors (Lipinski definition) is 4. The first kappa shape index (κ1) is 33.5. The van der Waals surface area contributed by atoms with Crippen LogP contribution in [0.2, 0.25) is 0 Å². The summed E-state index contributed by atoms with van der Waals surface area (Å²) in [5.41, 5.74) is 12.3. The molecule has 2 aliphatic rings. The Bertz CT molecular complexity index is 981. The lowest BCUT2D eigenvalue weighted by Crippen LogP contribution is -2.47. The minimum absolute atomic E-state index is 0.0841. The van der Waals surface area contributed by atoms with Gasteiger partial charge in [-0.25, -0.2) is 0 Å². The molecule has 40 heavy (non-hydrogen) atoms. The predicted octanol–water partition coefficient (Wildman–Crippen LogP) is 5.53. The summed E-state index contributed by atoms with van der Waals surface area (Å²) in [4.78, 5) is 37.9. The Labute approximate surface area is 242 Å². The van der Waals surface area contributed by atoms with Crippen molar-refractivity contribution in [3.8, 4) is 0 Å². The molecular weight excluding hydrogens is 500 g/mol. The van der Waals surface area contributed by atoms with Gasteiger partial charge in [0.05, 0.1) is 0 Å². The third-order valence-corrected chi connectivity index (χ3v) is 9.04. The van der Waals surface area contributed by atoms with E-state index in [9.17, 15) is 14.4 Å². The molecule has 0 radical (unpaired) electrons. The molecule has 0 bridgehead atoms. The SMILES string of the molecule is CC1=C(C)C(C)(CCC(=O)NC(CCCCN)C(=O)NCCCCCC(=O)NCCC2=CC=CCC2)C(C)=C1C. The molecule has 0 saturated carbocycles. The van der Waals surface area contributed by atoms with Crippen LogP contribution in [0.1, 0.15) is 112 Å². The van der Waals surface area contributed by atoms with Crippen LogP contribution in [0.3, 0.4) is 0 Å². The van der Waals surface area contributed by atoms with Gasteiger partial charge in [0.1, 0.15) is 6.04 Å². The van der Waals surface area contributed by atoms with Crippen LogP contribution in [0.5, 0.6) is 0 Å². The third kappa shape index (κ3) is 10.4. The molecule has 1 unspecified atom stereocenters. The second-order valence-corrected chi connectivity index (χ2v) is 11.7. The number of nitrogens with two attached hydrogens (primary N) is 1. The average molecular weight is 555 g/mol. The second-order valence-electron chi connectivity index (χ2n) is 11.7. The first-order valence-corrected chi connectivity index (χ1v) is 15.3. The molecule has 0 fully saturated rings. The summed E-state index contributed by atoms with van der Waals surface area (Å²) in [6, 6.07) is -0.548. The summed E-state index contributed by atoms with van der Waals surface area (Å²) in [5.74, 6) is -0.132. The molecule has 3 amide bonds. The fourth-order valence-electron chi connectivity index (χ4n) is 5.67. The quantitative estimate of drug-likeness (QED) is 0.167. The Kier molecular flexibility index (Phi) is 14.4. The van der Waals surface area contributed by atoms with Gasteiger partial charge in [0.15, 0.2) is 0 Å². The average Bonchev–Trinajstić information content (AvgIpc) is 3.09. The van der Waals surface area contributed by atoms with Crippen LogP contribution in [0, 0.1) is 5.41 Å². The van der Waals surface area contributed by atoms with Gasteiger partial charge in [-0.05, 0) is 103 Å². The molecular formula is C33H54N4O3. The highest BCUT2D eigenvalue weighted by molar-refractivity contribution is 5.87. The highest BCUT2D eigenvalue weighted by Gasteiger charge is 2.36. The van der Waals surface area contributed by atoms with Crippen LogP contribution in [-0.4, -0.2) is 43.4 Å². The maximum atomic E-state index is 12.9. The lowest BCUT2D eigenvalue weighted by atomic mass is 9.75. The summed E-state index contributed by atoms with van der Waals surface area (Å²) in [6.45, 7) is 12.6. The molecule has 2 aliphatic carbocycles. The summed E-state index contributed by atoms with van der Waals surface area (Å²) in [7, 11) is 0. The third-order valence-electron chi connectivity index (χ3n) is 9.04. The van der Waals surface area contributed by atoms with E-state index in [-0.39, 0.29) is 23.1 Å². The van der Waals surface area contributed by atoms with Gasteiger partial charge >= 0.3 is 0 Å². The van der Waals surface area contributed by atoms with Crippen molar-refractivity contribution in [3.05, 3.63) is 46.1 Å². The molecule has 7 nitrogen and oxygen atoms in total. The summed E-state index contributed by atoms with van der Waals surface area (Å²) < 4.78 is 0. The van der Waals surface area contributed by atoms with Crippen LogP contribution in [0.25, 0.3) is 0 Å². The second kappa shape index (κ2) is 17.2. The number of carbonyl (C=O) groups excluding carboxylic acids is 3. The van der Waals surface area contributed by atoms with Gasteiger partial charge in [-0.15, -0.1) is 0 Å². The Balaban J connectivity index is 1.69. The van der Waals surface area contributed by atoms with E-state index in [1.54, 1.807) is 0 Å². The minimum atomic E-state index is -0.548. The highest BCUT2D eigenvalue weighted by Crippen LogP contribution is 2.49. The van der Waals surface area contributed by atoms with E-state index in [0.717, 1.165) is 57.8 Å². The topological polar surface area (TPSA) is 113 Å². The van der Waals surface area contributed by atoms with E-state index in [2.05, 4.69) is 68.8 Å². The normalized spacial score (nSPS) is 17.1. The number of rotatable bonds is 18. The fraction of sp³-hybridized carbons (Fsp3) is 0.667. The standard InChI is InChI=1S/C33H54N4O3/c1-24-25(2)27(4)33(5,26(24)3)20-18-31(39)37-29(16-11-12-21-34)32(40)36-22-13-7-10-17-30(38)35-23-19-28-14-8-6-9-15-28/h6,8,14,29H,7,9-13,15-23,34H2,1-5H3,(H,35,38)(H,36,40)(H,37,39). The van der Waals surface area contributed by atoms with Gasteiger partial charge in [-0.3, -0.25) is 14.4 Å². The van der Waals surface area contributed by atoms with Crippen molar-refractivity contribution >= 4 is 17.7 Å². The van der Waals surface area contributed by atoms with Gasteiger partial charge in [0.2, 0.25) is 17.7 Å². The predicted molar refractivity (Wildman–Crippen MR) is 164 cm³/mol. The molecule has 0 aliphatic heterocycles. The van der Waals surface area contributed by atoms with Crippen molar-refractivity contribution in [2.45, 2.75) is 118 Å². The summed E-state index contributed by atoms with van der Waals surface area (Å²) in [6.07, 6.45) is 15.8. The molecule has 7 heteroatoms. The van der Waals surface area contributed by atoms with Crippen molar-refractivity contribution < 1.29 is 14.4 Å². The van der Waals surface area contributed by atoms with Gasteiger partial charge in [-0.2, -0.15) is 0 Å². The van der Waals surface area contributed by atoms with Crippen molar-refractivity contribution in [3.63, 3.8) is 0 Å².